The SMILES string of the molecule is CCCNC(CCCC(C)C)c1ccsc1. The Morgan fingerprint density at radius 3 is 2.69 bits per heavy atom. The second-order valence-electron chi connectivity index (χ2n) is 4.89. The minimum atomic E-state index is 0.574. The summed E-state index contributed by atoms with van der Waals surface area (Å²) in [6.45, 7) is 7.96. The maximum atomic E-state index is 3.65. The lowest BCUT2D eigenvalue weighted by atomic mass is 10.00. The predicted molar refractivity (Wildman–Crippen MR) is 74.0 cm³/mol. The van der Waals surface area contributed by atoms with Gasteiger partial charge in [0.15, 0.2) is 0 Å². The van der Waals surface area contributed by atoms with Crippen molar-refractivity contribution in [1.82, 2.24) is 5.32 Å². The summed E-state index contributed by atoms with van der Waals surface area (Å²) in [4.78, 5) is 0. The molecule has 0 aliphatic rings. The molecule has 1 aromatic rings. The minimum absolute atomic E-state index is 0.574. The van der Waals surface area contributed by atoms with E-state index in [1.165, 1.54) is 31.2 Å². The molecule has 1 N–H and O–H groups in total. The lowest BCUT2D eigenvalue weighted by Gasteiger charge is -2.18. The van der Waals surface area contributed by atoms with E-state index in [9.17, 15) is 0 Å². The molecule has 16 heavy (non-hydrogen) atoms. The van der Waals surface area contributed by atoms with Crippen LogP contribution in [0.3, 0.4) is 0 Å². The molecule has 92 valence electrons. The van der Waals surface area contributed by atoms with Crippen LogP contribution < -0.4 is 5.32 Å². The molecule has 0 amide bonds. The average Bonchev–Trinajstić information content (AvgIpc) is 2.75. The third kappa shape index (κ3) is 5.13. The van der Waals surface area contributed by atoms with Gasteiger partial charge < -0.3 is 5.32 Å². The quantitative estimate of drug-likeness (QED) is 0.698. The maximum absolute atomic E-state index is 3.65. The van der Waals surface area contributed by atoms with E-state index in [-0.39, 0.29) is 0 Å². The van der Waals surface area contributed by atoms with E-state index < -0.39 is 0 Å². The monoisotopic (exact) mass is 239 g/mol. The fourth-order valence-corrected chi connectivity index (χ4v) is 2.62. The van der Waals surface area contributed by atoms with Crippen LogP contribution in [-0.2, 0) is 0 Å². The molecule has 0 radical (unpaired) electrons. The zero-order chi connectivity index (χ0) is 11.8. The Balaban J connectivity index is 2.38. The van der Waals surface area contributed by atoms with Crippen molar-refractivity contribution in [3.63, 3.8) is 0 Å². The van der Waals surface area contributed by atoms with Crippen molar-refractivity contribution in [3.05, 3.63) is 22.4 Å². The van der Waals surface area contributed by atoms with Crippen molar-refractivity contribution in [2.75, 3.05) is 6.54 Å². The average molecular weight is 239 g/mol. The van der Waals surface area contributed by atoms with E-state index in [0.717, 1.165) is 12.5 Å². The van der Waals surface area contributed by atoms with Gasteiger partial charge in [-0.25, -0.2) is 0 Å². The van der Waals surface area contributed by atoms with Crippen molar-refractivity contribution in [2.45, 2.75) is 52.5 Å². The molecule has 0 saturated heterocycles. The minimum Gasteiger partial charge on any atom is -0.310 e. The number of rotatable bonds is 8. The maximum Gasteiger partial charge on any atom is 0.0328 e. The van der Waals surface area contributed by atoms with Crippen LogP contribution in [0.2, 0.25) is 0 Å². The van der Waals surface area contributed by atoms with Gasteiger partial charge in [0.25, 0.3) is 0 Å². The highest BCUT2D eigenvalue weighted by Crippen LogP contribution is 2.22. The van der Waals surface area contributed by atoms with Crippen LogP contribution in [0.15, 0.2) is 16.8 Å². The summed E-state index contributed by atoms with van der Waals surface area (Å²) in [7, 11) is 0. The molecule has 0 saturated carbocycles. The van der Waals surface area contributed by atoms with Crippen molar-refractivity contribution in [1.29, 1.82) is 0 Å². The van der Waals surface area contributed by atoms with Gasteiger partial charge in [-0.3, -0.25) is 0 Å². The highest BCUT2D eigenvalue weighted by molar-refractivity contribution is 7.07. The number of hydrogen-bond acceptors (Lipinski definition) is 2. The molecule has 0 aliphatic heterocycles. The van der Waals surface area contributed by atoms with E-state index in [1.54, 1.807) is 11.3 Å². The Labute approximate surface area is 104 Å². The third-order valence-electron chi connectivity index (χ3n) is 2.86. The van der Waals surface area contributed by atoms with Crippen LogP contribution in [0.4, 0.5) is 0 Å². The molecule has 1 unspecified atom stereocenters. The van der Waals surface area contributed by atoms with Gasteiger partial charge in [-0.05, 0) is 47.7 Å². The van der Waals surface area contributed by atoms with E-state index in [1.807, 2.05) is 0 Å². The zero-order valence-corrected chi connectivity index (χ0v) is 11.6. The van der Waals surface area contributed by atoms with E-state index in [2.05, 4.69) is 42.9 Å². The molecule has 0 aliphatic carbocycles. The summed E-state index contributed by atoms with van der Waals surface area (Å²) in [6.07, 6.45) is 5.16. The zero-order valence-electron chi connectivity index (χ0n) is 10.8. The molecule has 1 nitrogen and oxygen atoms in total. The van der Waals surface area contributed by atoms with Crippen molar-refractivity contribution in [3.8, 4) is 0 Å². The summed E-state index contributed by atoms with van der Waals surface area (Å²) >= 11 is 1.80. The molecule has 1 rings (SSSR count). The Morgan fingerprint density at radius 2 is 2.12 bits per heavy atom. The van der Waals surface area contributed by atoms with Crippen molar-refractivity contribution < 1.29 is 0 Å². The lowest BCUT2D eigenvalue weighted by Crippen LogP contribution is -2.21. The number of nitrogens with one attached hydrogen (secondary N) is 1. The molecule has 0 bridgehead atoms. The first kappa shape index (κ1) is 13.7. The van der Waals surface area contributed by atoms with Crippen LogP contribution in [0.1, 0.15) is 58.1 Å². The van der Waals surface area contributed by atoms with Crippen molar-refractivity contribution >= 4 is 11.3 Å². The smallest absolute Gasteiger partial charge is 0.0328 e. The molecular weight excluding hydrogens is 214 g/mol. The molecule has 0 aromatic carbocycles. The van der Waals surface area contributed by atoms with Gasteiger partial charge in [-0.15, -0.1) is 0 Å². The van der Waals surface area contributed by atoms with Crippen LogP contribution in [0.5, 0.6) is 0 Å². The molecule has 1 aromatic heterocycles. The van der Waals surface area contributed by atoms with Gasteiger partial charge >= 0.3 is 0 Å². The first-order valence-corrected chi connectivity index (χ1v) is 7.43. The summed E-state index contributed by atoms with van der Waals surface area (Å²) in [6, 6.07) is 2.83. The van der Waals surface area contributed by atoms with E-state index in [0.29, 0.717) is 6.04 Å². The third-order valence-corrected chi connectivity index (χ3v) is 3.56. The molecule has 0 fully saturated rings. The summed E-state index contributed by atoms with van der Waals surface area (Å²) in [5.41, 5.74) is 1.47. The summed E-state index contributed by atoms with van der Waals surface area (Å²) < 4.78 is 0. The standard InChI is InChI=1S/C14H25NS/c1-4-9-15-14(7-5-6-12(2)3)13-8-10-16-11-13/h8,10-12,14-15H,4-7,9H2,1-3H3. The normalized spacial score (nSPS) is 13.2. The Bertz CT molecular complexity index is 254. The molecular formula is C14H25NS. The van der Waals surface area contributed by atoms with Crippen LogP contribution in [0, 0.1) is 5.92 Å². The van der Waals surface area contributed by atoms with Gasteiger partial charge in [0.05, 0.1) is 0 Å². The Kier molecular flexibility index (Phi) is 6.74. The van der Waals surface area contributed by atoms with Gasteiger partial charge in [0.1, 0.15) is 0 Å². The molecule has 0 spiro atoms. The molecule has 1 atom stereocenters. The Hall–Kier alpha value is -0.340. The van der Waals surface area contributed by atoms with Gasteiger partial charge in [-0.1, -0.05) is 33.6 Å². The van der Waals surface area contributed by atoms with Crippen LogP contribution in [-0.4, -0.2) is 6.54 Å². The van der Waals surface area contributed by atoms with Crippen LogP contribution in [0.25, 0.3) is 0 Å². The largest absolute Gasteiger partial charge is 0.310 e. The first-order valence-electron chi connectivity index (χ1n) is 6.49. The number of thiophene rings is 1. The topological polar surface area (TPSA) is 12.0 Å². The summed E-state index contributed by atoms with van der Waals surface area (Å²) in [5.74, 6) is 0.828. The Morgan fingerprint density at radius 1 is 1.31 bits per heavy atom. The summed E-state index contributed by atoms with van der Waals surface area (Å²) in [5, 5.41) is 8.11. The first-order chi connectivity index (χ1) is 7.74. The second-order valence-corrected chi connectivity index (χ2v) is 5.67. The highest BCUT2D eigenvalue weighted by atomic mass is 32.1. The van der Waals surface area contributed by atoms with E-state index in [4.69, 9.17) is 0 Å². The highest BCUT2D eigenvalue weighted by Gasteiger charge is 2.10. The van der Waals surface area contributed by atoms with E-state index >= 15 is 0 Å². The van der Waals surface area contributed by atoms with Crippen LogP contribution >= 0.6 is 11.3 Å². The van der Waals surface area contributed by atoms with Gasteiger partial charge in [0, 0.05) is 6.04 Å². The van der Waals surface area contributed by atoms with Crippen molar-refractivity contribution in [2.24, 2.45) is 5.92 Å². The van der Waals surface area contributed by atoms with Gasteiger partial charge in [-0.2, -0.15) is 11.3 Å². The number of hydrogen-bond donors (Lipinski definition) is 1. The molecule has 2 heteroatoms. The fourth-order valence-electron chi connectivity index (χ4n) is 1.91. The predicted octanol–water partition coefficient (Wildman–Crippen LogP) is 4.62. The van der Waals surface area contributed by atoms with Gasteiger partial charge in [0.2, 0.25) is 0 Å². The lowest BCUT2D eigenvalue weighted by molar-refractivity contribution is 0.448. The second kappa shape index (κ2) is 7.86. The molecule has 1 heterocycles. The fraction of sp³-hybridized carbons (Fsp3) is 0.714.